The van der Waals surface area contributed by atoms with Crippen LogP contribution in [0.25, 0.3) is 0 Å². The molecule has 0 aromatic rings. The average molecular weight is 182 g/mol. The Morgan fingerprint density at radius 3 is 2.92 bits per heavy atom. The van der Waals surface area contributed by atoms with E-state index in [1.807, 2.05) is 6.92 Å². The zero-order chi connectivity index (χ0) is 9.42. The molecule has 0 aromatic carbocycles. The molecule has 2 atom stereocenters. The summed E-state index contributed by atoms with van der Waals surface area (Å²) in [5.41, 5.74) is 1.08. The Kier molecular flexibility index (Phi) is 2.14. The van der Waals surface area contributed by atoms with E-state index in [1.165, 1.54) is 0 Å². The molecular weight excluding hydrogens is 167 g/mol. The van der Waals surface area contributed by atoms with Gasteiger partial charge in [0.25, 0.3) is 0 Å². The largest absolute Gasteiger partial charge is 0.497 e. The maximum Gasteiger partial charge on any atom is 0.104 e. The molecule has 1 aliphatic carbocycles. The summed E-state index contributed by atoms with van der Waals surface area (Å²) >= 11 is 0. The summed E-state index contributed by atoms with van der Waals surface area (Å²) in [6.07, 6.45) is 3.37. The van der Waals surface area contributed by atoms with Gasteiger partial charge in [0.05, 0.1) is 12.4 Å². The van der Waals surface area contributed by atoms with E-state index in [1.54, 1.807) is 6.08 Å². The van der Waals surface area contributed by atoms with Crippen LogP contribution < -0.4 is 0 Å². The van der Waals surface area contributed by atoms with Gasteiger partial charge in [-0.1, -0.05) is 13.8 Å². The van der Waals surface area contributed by atoms with Gasteiger partial charge in [0.15, 0.2) is 0 Å². The molecule has 2 rings (SSSR count). The second kappa shape index (κ2) is 3.17. The van der Waals surface area contributed by atoms with Crippen molar-refractivity contribution in [1.82, 2.24) is 0 Å². The second-order valence-electron chi connectivity index (χ2n) is 4.20. The smallest absolute Gasteiger partial charge is 0.104 e. The first-order chi connectivity index (χ1) is 6.16. The van der Waals surface area contributed by atoms with Crippen molar-refractivity contribution in [1.29, 1.82) is 0 Å². The SMILES string of the molecule is CC1COC2=C(C=C(F)[C@H](C)C2)C1. The molecule has 2 aliphatic rings. The van der Waals surface area contributed by atoms with Crippen LogP contribution in [0.15, 0.2) is 23.2 Å². The number of ether oxygens (including phenoxy) is 1. The molecule has 0 bridgehead atoms. The van der Waals surface area contributed by atoms with Crippen LogP contribution in [0.5, 0.6) is 0 Å². The number of hydrogen-bond acceptors (Lipinski definition) is 1. The summed E-state index contributed by atoms with van der Waals surface area (Å²) < 4.78 is 18.8. The highest BCUT2D eigenvalue weighted by Gasteiger charge is 2.25. The van der Waals surface area contributed by atoms with Crippen molar-refractivity contribution in [3.05, 3.63) is 23.2 Å². The van der Waals surface area contributed by atoms with Crippen LogP contribution >= 0.6 is 0 Å². The maximum absolute atomic E-state index is 13.2. The third-order valence-corrected chi connectivity index (χ3v) is 2.74. The van der Waals surface area contributed by atoms with E-state index in [2.05, 4.69) is 6.92 Å². The van der Waals surface area contributed by atoms with E-state index >= 15 is 0 Å². The molecule has 0 radical (unpaired) electrons. The number of allylic oxidation sites excluding steroid dienone is 4. The molecule has 72 valence electrons. The number of hydrogen-bond donors (Lipinski definition) is 0. The third-order valence-electron chi connectivity index (χ3n) is 2.74. The number of rotatable bonds is 0. The monoisotopic (exact) mass is 182 g/mol. The molecule has 0 spiro atoms. The van der Waals surface area contributed by atoms with Gasteiger partial charge in [-0.2, -0.15) is 0 Å². The van der Waals surface area contributed by atoms with E-state index in [0.29, 0.717) is 5.92 Å². The lowest BCUT2D eigenvalue weighted by Gasteiger charge is -2.28. The van der Waals surface area contributed by atoms with Gasteiger partial charge in [0.1, 0.15) is 5.83 Å². The Labute approximate surface area is 78.3 Å². The standard InChI is InChI=1S/C11H15FO/c1-7-3-9-5-10(12)8(2)4-11(9)13-6-7/h5,7-8H,3-4,6H2,1-2H3/t7?,8-/m1/s1. The molecule has 2 heteroatoms. The highest BCUT2D eigenvalue weighted by Crippen LogP contribution is 2.36. The van der Waals surface area contributed by atoms with E-state index in [4.69, 9.17) is 4.74 Å². The van der Waals surface area contributed by atoms with Crippen molar-refractivity contribution in [2.45, 2.75) is 26.7 Å². The van der Waals surface area contributed by atoms with Crippen LogP contribution in [-0.4, -0.2) is 6.61 Å². The molecule has 0 N–H and O–H groups in total. The van der Waals surface area contributed by atoms with Crippen molar-refractivity contribution in [2.24, 2.45) is 11.8 Å². The van der Waals surface area contributed by atoms with Crippen molar-refractivity contribution < 1.29 is 9.13 Å². The minimum Gasteiger partial charge on any atom is -0.497 e. The van der Waals surface area contributed by atoms with Crippen molar-refractivity contribution in [3.63, 3.8) is 0 Å². The molecule has 0 amide bonds. The molecule has 13 heavy (non-hydrogen) atoms. The summed E-state index contributed by atoms with van der Waals surface area (Å²) in [4.78, 5) is 0. The van der Waals surface area contributed by atoms with Crippen LogP contribution in [0.4, 0.5) is 4.39 Å². The van der Waals surface area contributed by atoms with Crippen molar-refractivity contribution >= 4 is 0 Å². The summed E-state index contributed by atoms with van der Waals surface area (Å²) in [5, 5.41) is 0. The molecule has 1 aliphatic heterocycles. The summed E-state index contributed by atoms with van der Waals surface area (Å²) in [6.45, 7) is 4.82. The maximum atomic E-state index is 13.2. The minimum atomic E-state index is 0.00663. The summed E-state index contributed by atoms with van der Waals surface area (Å²) in [5.74, 6) is 1.56. The molecule has 1 nitrogen and oxygen atoms in total. The summed E-state index contributed by atoms with van der Waals surface area (Å²) in [6, 6.07) is 0. The molecule has 1 heterocycles. The van der Waals surface area contributed by atoms with E-state index in [-0.39, 0.29) is 11.7 Å². The fraction of sp³-hybridized carbons (Fsp3) is 0.636. The fourth-order valence-electron chi connectivity index (χ4n) is 1.90. The van der Waals surface area contributed by atoms with Crippen LogP contribution in [0.1, 0.15) is 26.7 Å². The summed E-state index contributed by atoms with van der Waals surface area (Å²) in [7, 11) is 0. The quantitative estimate of drug-likeness (QED) is 0.559. The zero-order valence-corrected chi connectivity index (χ0v) is 8.14. The fourth-order valence-corrected chi connectivity index (χ4v) is 1.90. The molecule has 1 unspecified atom stereocenters. The highest BCUT2D eigenvalue weighted by atomic mass is 19.1. The Bertz CT molecular complexity index is 278. The number of halogens is 1. The first kappa shape index (κ1) is 8.79. The van der Waals surface area contributed by atoms with Gasteiger partial charge < -0.3 is 4.74 Å². The van der Waals surface area contributed by atoms with E-state index in [9.17, 15) is 4.39 Å². The average Bonchev–Trinajstić information content (AvgIpc) is 2.08. The van der Waals surface area contributed by atoms with Gasteiger partial charge in [-0.05, 0) is 24.0 Å². The lowest BCUT2D eigenvalue weighted by molar-refractivity contribution is 0.133. The molecule has 0 aromatic heterocycles. The Morgan fingerprint density at radius 2 is 2.15 bits per heavy atom. The van der Waals surface area contributed by atoms with E-state index in [0.717, 1.165) is 30.8 Å². The molecular formula is C11H15FO. The topological polar surface area (TPSA) is 9.23 Å². The zero-order valence-electron chi connectivity index (χ0n) is 8.14. The first-order valence-electron chi connectivity index (χ1n) is 4.88. The normalized spacial score (nSPS) is 33.6. The highest BCUT2D eigenvalue weighted by molar-refractivity contribution is 5.31. The van der Waals surface area contributed by atoms with Gasteiger partial charge in [-0.3, -0.25) is 0 Å². The van der Waals surface area contributed by atoms with Crippen molar-refractivity contribution in [3.8, 4) is 0 Å². The van der Waals surface area contributed by atoms with Crippen molar-refractivity contribution in [2.75, 3.05) is 6.61 Å². The predicted molar refractivity (Wildman–Crippen MR) is 49.7 cm³/mol. The van der Waals surface area contributed by atoms with Crippen LogP contribution in [0.3, 0.4) is 0 Å². The van der Waals surface area contributed by atoms with Gasteiger partial charge in [-0.25, -0.2) is 4.39 Å². The van der Waals surface area contributed by atoms with Gasteiger partial charge in [-0.15, -0.1) is 0 Å². The van der Waals surface area contributed by atoms with Crippen LogP contribution in [0.2, 0.25) is 0 Å². The Balaban J connectivity index is 2.24. The molecule has 0 saturated heterocycles. The third kappa shape index (κ3) is 1.62. The Morgan fingerprint density at radius 1 is 1.38 bits per heavy atom. The predicted octanol–water partition coefficient (Wildman–Crippen LogP) is 3.19. The van der Waals surface area contributed by atoms with Gasteiger partial charge in [0, 0.05) is 12.3 Å². The Hall–Kier alpha value is -0.790. The van der Waals surface area contributed by atoms with Gasteiger partial charge in [0.2, 0.25) is 0 Å². The first-order valence-corrected chi connectivity index (χ1v) is 4.88. The second-order valence-corrected chi connectivity index (χ2v) is 4.20. The van der Waals surface area contributed by atoms with Gasteiger partial charge >= 0.3 is 0 Å². The lowest BCUT2D eigenvalue weighted by atomic mass is 9.89. The molecule has 0 fully saturated rings. The van der Waals surface area contributed by atoms with Crippen LogP contribution in [0, 0.1) is 11.8 Å². The lowest BCUT2D eigenvalue weighted by Crippen LogP contribution is -2.19. The van der Waals surface area contributed by atoms with Crippen LogP contribution in [-0.2, 0) is 4.74 Å². The molecule has 0 saturated carbocycles. The minimum absolute atomic E-state index is 0.00663. The van der Waals surface area contributed by atoms with E-state index < -0.39 is 0 Å².